The maximum Gasteiger partial charge on any atom is 0.321 e. The van der Waals surface area contributed by atoms with Crippen LogP contribution in [0, 0.1) is 5.92 Å². The molecular weight excluding hydrogens is 427 g/mol. The molecule has 2 atom stereocenters. The van der Waals surface area contributed by atoms with Crippen molar-refractivity contribution in [3.8, 4) is 0 Å². The summed E-state index contributed by atoms with van der Waals surface area (Å²) in [6.45, 7) is 4.33. The molecule has 4 N–H and O–H groups in total. The molecule has 30 heavy (non-hydrogen) atoms. The third-order valence-electron chi connectivity index (χ3n) is 4.52. The summed E-state index contributed by atoms with van der Waals surface area (Å²) in [6.07, 6.45) is 0.539. The van der Waals surface area contributed by atoms with E-state index < -0.39 is 24.0 Å². The second kappa shape index (κ2) is 11.2. The predicted octanol–water partition coefficient (Wildman–Crippen LogP) is 4.69. The standard InChI is InChI=1S/C22H26Cl2N2O4/c1-13(2)7-19(21(27)28)26-20(22(29)30)10-14-3-5-18(6-4-14)25-12-15-8-16(23)11-17(24)9-15/h3-6,8-9,11,13,19-20,25-26H,7,10,12H2,1-2H3,(H,27,28)(H,29,30)/t19-,20-/m0/s1. The van der Waals surface area contributed by atoms with E-state index in [2.05, 4.69) is 10.6 Å². The van der Waals surface area contributed by atoms with Gasteiger partial charge in [-0.25, -0.2) is 0 Å². The minimum Gasteiger partial charge on any atom is -0.480 e. The van der Waals surface area contributed by atoms with Crippen LogP contribution in [0.25, 0.3) is 0 Å². The van der Waals surface area contributed by atoms with Crippen molar-refractivity contribution in [2.45, 2.75) is 45.3 Å². The van der Waals surface area contributed by atoms with E-state index in [9.17, 15) is 19.8 Å². The number of hydrogen-bond donors (Lipinski definition) is 4. The summed E-state index contributed by atoms with van der Waals surface area (Å²) in [7, 11) is 0. The Kier molecular flexibility index (Phi) is 8.96. The fraction of sp³-hybridized carbons (Fsp3) is 0.364. The van der Waals surface area contributed by atoms with Crippen LogP contribution in [-0.2, 0) is 22.6 Å². The Hall–Kier alpha value is -2.28. The zero-order valence-electron chi connectivity index (χ0n) is 16.9. The summed E-state index contributed by atoms with van der Waals surface area (Å²) in [5.74, 6) is -1.99. The van der Waals surface area contributed by atoms with Crippen molar-refractivity contribution in [2.24, 2.45) is 5.92 Å². The molecule has 2 aromatic rings. The molecular formula is C22H26Cl2N2O4. The first-order valence-electron chi connectivity index (χ1n) is 9.63. The second-order valence-electron chi connectivity index (χ2n) is 7.61. The van der Waals surface area contributed by atoms with Crippen LogP contribution in [0.15, 0.2) is 42.5 Å². The van der Waals surface area contributed by atoms with Gasteiger partial charge in [0.2, 0.25) is 0 Å². The zero-order chi connectivity index (χ0) is 22.3. The van der Waals surface area contributed by atoms with Gasteiger partial charge >= 0.3 is 11.9 Å². The molecule has 162 valence electrons. The predicted molar refractivity (Wildman–Crippen MR) is 119 cm³/mol. The Morgan fingerprint density at radius 2 is 1.47 bits per heavy atom. The fourth-order valence-corrected chi connectivity index (χ4v) is 3.65. The van der Waals surface area contributed by atoms with Crippen molar-refractivity contribution in [1.82, 2.24) is 5.32 Å². The molecule has 0 spiro atoms. The summed E-state index contributed by atoms with van der Waals surface area (Å²) >= 11 is 12.0. The molecule has 0 aliphatic rings. The highest BCUT2D eigenvalue weighted by atomic mass is 35.5. The van der Waals surface area contributed by atoms with Crippen LogP contribution in [0.3, 0.4) is 0 Å². The van der Waals surface area contributed by atoms with Crippen molar-refractivity contribution < 1.29 is 19.8 Å². The Balaban J connectivity index is 1.99. The van der Waals surface area contributed by atoms with Gasteiger partial charge in [-0.2, -0.15) is 0 Å². The minimum absolute atomic E-state index is 0.132. The molecule has 0 fully saturated rings. The molecule has 0 radical (unpaired) electrons. The number of nitrogens with one attached hydrogen (secondary N) is 2. The molecule has 0 aliphatic heterocycles. The van der Waals surface area contributed by atoms with Gasteiger partial charge < -0.3 is 15.5 Å². The van der Waals surface area contributed by atoms with Gasteiger partial charge in [0.1, 0.15) is 12.1 Å². The van der Waals surface area contributed by atoms with E-state index in [1.54, 1.807) is 6.07 Å². The highest BCUT2D eigenvalue weighted by molar-refractivity contribution is 6.34. The Bertz CT molecular complexity index is 852. The highest BCUT2D eigenvalue weighted by Gasteiger charge is 2.26. The molecule has 2 aromatic carbocycles. The number of anilines is 1. The first-order chi connectivity index (χ1) is 14.1. The Morgan fingerprint density at radius 3 is 1.97 bits per heavy atom. The van der Waals surface area contributed by atoms with Gasteiger partial charge in [-0.05, 0) is 60.2 Å². The molecule has 0 aromatic heterocycles. The largest absolute Gasteiger partial charge is 0.480 e. The van der Waals surface area contributed by atoms with Gasteiger partial charge in [0.05, 0.1) is 0 Å². The minimum atomic E-state index is -1.08. The molecule has 2 rings (SSSR count). The lowest BCUT2D eigenvalue weighted by atomic mass is 10.0. The lowest BCUT2D eigenvalue weighted by Gasteiger charge is -2.22. The van der Waals surface area contributed by atoms with Crippen molar-refractivity contribution in [3.05, 3.63) is 63.6 Å². The van der Waals surface area contributed by atoms with Crippen LogP contribution < -0.4 is 10.6 Å². The number of aliphatic carboxylic acids is 2. The van der Waals surface area contributed by atoms with Crippen molar-refractivity contribution in [1.29, 1.82) is 0 Å². The summed E-state index contributed by atoms with van der Waals surface area (Å²) < 4.78 is 0. The molecule has 0 unspecified atom stereocenters. The Labute approximate surface area is 186 Å². The van der Waals surface area contributed by atoms with E-state index >= 15 is 0 Å². The summed E-state index contributed by atoms with van der Waals surface area (Å²) in [6, 6.07) is 10.8. The molecule has 6 nitrogen and oxygen atoms in total. The number of rotatable bonds is 11. The lowest BCUT2D eigenvalue weighted by molar-refractivity contribution is -0.142. The summed E-state index contributed by atoms with van der Waals surface area (Å²) in [5, 5.41) is 26.0. The summed E-state index contributed by atoms with van der Waals surface area (Å²) in [5.41, 5.74) is 2.59. The second-order valence-corrected chi connectivity index (χ2v) is 8.48. The van der Waals surface area contributed by atoms with Gasteiger partial charge in [-0.1, -0.05) is 49.2 Å². The number of halogens is 2. The van der Waals surface area contributed by atoms with E-state index in [4.69, 9.17) is 23.2 Å². The van der Waals surface area contributed by atoms with E-state index in [0.717, 1.165) is 16.8 Å². The van der Waals surface area contributed by atoms with Crippen molar-refractivity contribution in [2.75, 3.05) is 5.32 Å². The Morgan fingerprint density at radius 1 is 0.900 bits per heavy atom. The zero-order valence-corrected chi connectivity index (χ0v) is 18.4. The maximum absolute atomic E-state index is 11.6. The van der Waals surface area contributed by atoms with Crippen LogP contribution in [-0.4, -0.2) is 34.2 Å². The van der Waals surface area contributed by atoms with E-state index in [1.165, 1.54) is 0 Å². The number of carbonyl (C=O) groups is 2. The van der Waals surface area contributed by atoms with Gasteiger partial charge in [-0.15, -0.1) is 0 Å². The number of hydrogen-bond acceptors (Lipinski definition) is 4. The van der Waals surface area contributed by atoms with Gasteiger partial charge in [0.25, 0.3) is 0 Å². The van der Waals surface area contributed by atoms with E-state index in [0.29, 0.717) is 23.0 Å². The normalized spacial score (nSPS) is 13.1. The molecule has 0 heterocycles. The quantitative estimate of drug-likeness (QED) is 0.394. The van der Waals surface area contributed by atoms with E-state index in [1.807, 2.05) is 50.2 Å². The number of carboxylic acid groups (broad SMARTS) is 2. The average Bonchev–Trinajstić information content (AvgIpc) is 2.65. The van der Waals surface area contributed by atoms with Gasteiger partial charge in [0.15, 0.2) is 0 Å². The highest BCUT2D eigenvalue weighted by Crippen LogP contribution is 2.20. The van der Waals surface area contributed by atoms with Crippen LogP contribution in [0.2, 0.25) is 10.0 Å². The first kappa shape index (κ1) is 24.0. The van der Waals surface area contributed by atoms with Crippen LogP contribution in [0.4, 0.5) is 5.69 Å². The monoisotopic (exact) mass is 452 g/mol. The van der Waals surface area contributed by atoms with E-state index in [-0.39, 0.29) is 12.3 Å². The van der Waals surface area contributed by atoms with Crippen LogP contribution in [0.1, 0.15) is 31.4 Å². The third-order valence-corrected chi connectivity index (χ3v) is 4.95. The number of carboxylic acids is 2. The van der Waals surface area contributed by atoms with Gasteiger partial charge in [-0.3, -0.25) is 14.9 Å². The first-order valence-corrected chi connectivity index (χ1v) is 10.4. The topological polar surface area (TPSA) is 98.7 Å². The van der Waals surface area contributed by atoms with Crippen molar-refractivity contribution in [3.63, 3.8) is 0 Å². The van der Waals surface area contributed by atoms with Crippen molar-refractivity contribution >= 4 is 40.8 Å². The maximum atomic E-state index is 11.6. The third kappa shape index (κ3) is 7.86. The molecule has 0 saturated heterocycles. The van der Waals surface area contributed by atoms with Gasteiger partial charge in [0, 0.05) is 22.3 Å². The lowest BCUT2D eigenvalue weighted by Crippen LogP contribution is -2.48. The SMILES string of the molecule is CC(C)C[C@H](N[C@@H](Cc1ccc(NCc2cc(Cl)cc(Cl)c2)cc1)C(=O)O)C(=O)O. The summed E-state index contributed by atoms with van der Waals surface area (Å²) in [4.78, 5) is 23.1. The molecule has 8 heteroatoms. The molecule has 0 aliphatic carbocycles. The number of benzene rings is 2. The molecule has 0 saturated carbocycles. The average molecular weight is 453 g/mol. The van der Waals surface area contributed by atoms with Crippen LogP contribution in [0.5, 0.6) is 0 Å². The smallest absolute Gasteiger partial charge is 0.321 e. The van der Waals surface area contributed by atoms with Crippen LogP contribution >= 0.6 is 23.2 Å². The fourth-order valence-electron chi connectivity index (χ4n) is 3.08. The molecule has 0 bridgehead atoms. The molecule has 0 amide bonds.